The highest BCUT2D eigenvalue weighted by Gasteiger charge is 2.23. The van der Waals surface area contributed by atoms with Crippen molar-refractivity contribution in [3.05, 3.63) is 76.3 Å². The van der Waals surface area contributed by atoms with Crippen LogP contribution >= 0.6 is 11.3 Å². The molecule has 2 N–H and O–H groups in total. The lowest BCUT2D eigenvalue weighted by Gasteiger charge is -2.20. The third-order valence-corrected chi connectivity index (χ3v) is 6.56. The van der Waals surface area contributed by atoms with Crippen molar-refractivity contribution in [1.29, 1.82) is 0 Å². The van der Waals surface area contributed by atoms with E-state index in [0.29, 0.717) is 24.6 Å². The molecule has 1 aliphatic rings. The Hall–Kier alpha value is -3.69. The maximum atomic E-state index is 12.4. The summed E-state index contributed by atoms with van der Waals surface area (Å²) in [5, 5.41) is 10.2. The van der Waals surface area contributed by atoms with Crippen LogP contribution in [0.3, 0.4) is 0 Å². The van der Waals surface area contributed by atoms with Crippen LogP contribution in [0, 0.1) is 0 Å². The summed E-state index contributed by atoms with van der Waals surface area (Å²) >= 11 is 1.59. The zero-order valence-corrected chi connectivity index (χ0v) is 20.9. The third kappa shape index (κ3) is 4.65. The van der Waals surface area contributed by atoms with Crippen LogP contribution in [-0.2, 0) is 16.7 Å². The molecule has 3 heterocycles. The van der Waals surface area contributed by atoms with Crippen LogP contribution in [0.5, 0.6) is 0 Å². The molecule has 0 amide bonds. The van der Waals surface area contributed by atoms with Crippen LogP contribution in [0.25, 0.3) is 21.7 Å². The predicted molar refractivity (Wildman–Crippen MR) is 137 cm³/mol. The molecule has 1 aliphatic heterocycles. The molecular weight excluding hydrogens is 462 g/mol. The average Bonchev–Trinajstić information content (AvgIpc) is 3.57. The first-order valence-electron chi connectivity index (χ1n) is 11.4. The van der Waals surface area contributed by atoms with Crippen LogP contribution in [0.2, 0.25) is 0 Å². The number of benzene rings is 2. The van der Waals surface area contributed by atoms with Crippen molar-refractivity contribution in [1.82, 2.24) is 21.1 Å². The first-order chi connectivity index (χ1) is 16.8. The Morgan fingerprint density at radius 3 is 2.77 bits per heavy atom. The molecule has 5 rings (SSSR count). The van der Waals surface area contributed by atoms with E-state index in [-0.39, 0.29) is 11.4 Å². The van der Waals surface area contributed by atoms with Crippen molar-refractivity contribution in [2.75, 3.05) is 6.61 Å². The lowest BCUT2D eigenvalue weighted by Crippen LogP contribution is -2.40. The van der Waals surface area contributed by atoms with Crippen molar-refractivity contribution < 1.29 is 13.9 Å². The Labute approximate surface area is 207 Å². The van der Waals surface area contributed by atoms with E-state index in [1.165, 1.54) is 0 Å². The first-order valence-corrected chi connectivity index (χ1v) is 12.3. The zero-order valence-electron chi connectivity index (χ0n) is 20.1. The minimum absolute atomic E-state index is 0.0100. The fourth-order valence-electron chi connectivity index (χ4n) is 3.84. The standard InChI is InChI=1S/C26H27N5O3S/c1-5-33-25(32)19-9-7-6-8-17(19)14-31-23(28-29-30-31)16-10-11-20-18(12-16)13-21(34-20)24-27-22(15-35-24)26(2,3)4/h6-13,15,29-30H,5,14H2,1-4H3. The molecule has 0 unspecified atom stereocenters. The zero-order chi connectivity index (χ0) is 24.6. The van der Waals surface area contributed by atoms with Crippen LogP contribution in [0.4, 0.5) is 0 Å². The smallest absolute Gasteiger partial charge is 0.338 e. The summed E-state index contributed by atoms with van der Waals surface area (Å²) in [5.41, 5.74) is 9.98. The second-order valence-corrected chi connectivity index (χ2v) is 10.1. The van der Waals surface area contributed by atoms with Gasteiger partial charge in [0.1, 0.15) is 5.58 Å². The summed E-state index contributed by atoms with van der Waals surface area (Å²) in [6, 6.07) is 15.4. The van der Waals surface area contributed by atoms with E-state index in [1.807, 2.05) is 47.5 Å². The van der Waals surface area contributed by atoms with Gasteiger partial charge in [0.15, 0.2) is 16.6 Å². The van der Waals surface area contributed by atoms with Gasteiger partial charge in [-0.1, -0.05) is 39.0 Å². The highest BCUT2D eigenvalue weighted by Crippen LogP contribution is 2.33. The Morgan fingerprint density at radius 2 is 2.00 bits per heavy atom. The number of hydrazine groups is 2. The van der Waals surface area contributed by atoms with E-state index in [1.54, 1.807) is 24.3 Å². The monoisotopic (exact) mass is 489 g/mol. The minimum Gasteiger partial charge on any atom is -0.462 e. The molecule has 9 heteroatoms. The quantitative estimate of drug-likeness (QED) is 0.359. The molecule has 2 aromatic heterocycles. The van der Waals surface area contributed by atoms with E-state index in [9.17, 15) is 4.79 Å². The Kier molecular flexibility index (Phi) is 6.04. The summed E-state index contributed by atoms with van der Waals surface area (Å²) in [6.07, 6.45) is 0. The van der Waals surface area contributed by atoms with Crippen molar-refractivity contribution in [3.63, 3.8) is 0 Å². The predicted octanol–water partition coefficient (Wildman–Crippen LogP) is 5.22. The van der Waals surface area contributed by atoms with Gasteiger partial charge in [0.05, 0.1) is 24.4 Å². The molecule has 4 aromatic rings. The molecule has 180 valence electrons. The van der Waals surface area contributed by atoms with E-state index in [2.05, 4.69) is 42.3 Å². The minimum atomic E-state index is -0.335. The number of fused-ring (bicyclic) bond motifs is 1. The lowest BCUT2D eigenvalue weighted by atomic mass is 9.93. The van der Waals surface area contributed by atoms with Crippen LogP contribution in [0.15, 0.2) is 63.4 Å². The molecule has 0 saturated carbocycles. The van der Waals surface area contributed by atoms with Gasteiger partial charge < -0.3 is 9.15 Å². The summed E-state index contributed by atoms with van der Waals surface area (Å²) in [7, 11) is 0. The highest BCUT2D eigenvalue weighted by atomic mass is 32.1. The summed E-state index contributed by atoms with van der Waals surface area (Å²) < 4.78 is 11.3. The maximum Gasteiger partial charge on any atom is 0.338 e. The molecule has 0 aliphatic carbocycles. The van der Waals surface area contributed by atoms with E-state index in [4.69, 9.17) is 14.1 Å². The topological polar surface area (TPSA) is 92.0 Å². The number of furan rings is 1. The molecule has 0 saturated heterocycles. The molecule has 0 radical (unpaired) electrons. The number of carbonyl (C=O) groups excluding carboxylic acids is 1. The van der Waals surface area contributed by atoms with Gasteiger partial charge in [0.2, 0.25) is 0 Å². The number of nitrogens with one attached hydrogen (secondary N) is 2. The molecule has 0 spiro atoms. The highest BCUT2D eigenvalue weighted by molar-refractivity contribution is 7.13. The lowest BCUT2D eigenvalue weighted by molar-refractivity contribution is 0.0524. The number of carbonyl (C=O) groups is 1. The number of hydrogen-bond donors (Lipinski definition) is 2. The Balaban J connectivity index is 1.41. The second-order valence-electron chi connectivity index (χ2n) is 9.27. The van der Waals surface area contributed by atoms with Crippen molar-refractivity contribution in [3.8, 4) is 10.8 Å². The van der Waals surface area contributed by atoms with Gasteiger partial charge in [-0.15, -0.1) is 22.0 Å². The summed E-state index contributed by atoms with van der Waals surface area (Å²) in [6.45, 7) is 9.00. The second kappa shape index (κ2) is 9.16. The van der Waals surface area contributed by atoms with Gasteiger partial charge >= 0.3 is 5.97 Å². The number of hydrazone groups is 1. The van der Waals surface area contributed by atoms with E-state index < -0.39 is 0 Å². The van der Waals surface area contributed by atoms with Crippen LogP contribution < -0.4 is 11.1 Å². The van der Waals surface area contributed by atoms with Gasteiger partial charge in [-0.05, 0) is 42.8 Å². The van der Waals surface area contributed by atoms with Crippen molar-refractivity contribution in [2.45, 2.75) is 39.7 Å². The number of nitrogens with zero attached hydrogens (tertiary/aromatic N) is 3. The number of thiazole rings is 1. The van der Waals surface area contributed by atoms with Gasteiger partial charge in [-0.3, -0.25) is 5.01 Å². The third-order valence-electron chi connectivity index (χ3n) is 5.70. The van der Waals surface area contributed by atoms with Gasteiger partial charge in [0.25, 0.3) is 0 Å². The fraction of sp³-hybridized carbons (Fsp3) is 0.269. The molecule has 0 fully saturated rings. The average molecular weight is 490 g/mol. The number of hydrogen-bond acceptors (Lipinski definition) is 9. The van der Waals surface area contributed by atoms with Crippen LogP contribution in [-0.4, -0.2) is 28.4 Å². The number of aromatic nitrogens is 1. The fourth-order valence-corrected chi connectivity index (χ4v) is 4.84. The molecule has 8 nitrogen and oxygen atoms in total. The first kappa shape index (κ1) is 23.1. The molecule has 0 atom stereocenters. The van der Waals surface area contributed by atoms with E-state index >= 15 is 0 Å². The van der Waals surface area contributed by atoms with Crippen LogP contribution in [0.1, 0.15) is 54.9 Å². The number of amidine groups is 1. The van der Waals surface area contributed by atoms with Crippen molar-refractivity contribution >= 4 is 34.1 Å². The number of rotatable bonds is 6. The van der Waals surface area contributed by atoms with E-state index in [0.717, 1.165) is 38.6 Å². The van der Waals surface area contributed by atoms with Crippen molar-refractivity contribution in [2.24, 2.45) is 5.10 Å². The Bertz CT molecular complexity index is 1420. The number of ether oxygens (including phenoxy) is 1. The number of esters is 1. The summed E-state index contributed by atoms with van der Waals surface area (Å²) in [5.74, 6) is 1.12. The van der Waals surface area contributed by atoms with Gasteiger partial charge in [0, 0.05) is 21.7 Å². The molecular formula is C26H27N5O3S. The molecule has 0 bridgehead atoms. The Morgan fingerprint density at radius 1 is 1.17 bits per heavy atom. The largest absolute Gasteiger partial charge is 0.462 e. The van der Waals surface area contributed by atoms with Gasteiger partial charge in [-0.2, -0.15) is 0 Å². The normalized spacial score (nSPS) is 13.7. The molecule has 2 aromatic carbocycles. The molecule has 35 heavy (non-hydrogen) atoms. The summed E-state index contributed by atoms with van der Waals surface area (Å²) in [4.78, 5) is 17.2. The SMILES string of the molecule is CCOC(=O)c1ccccc1CN1NNN=C1c1ccc2oc(-c3nc(C(C)(C)C)cs3)cc2c1. The van der Waals surface area contributed by atoms with Gasteiger partial charge in [-0.25, -0.2) is 15.3 Å². The maximum absolute atomic E-state index is 12.4.